The minimum absolute atomic E-state index is 0. The maximum atomic E-state index is 8.76. The van der Waals surface area contributed by atoms with Gasteiger partial charge in [0.2, 0.25) is 5.71 Å². The molecule has 0 spiro atoms. The molecule has 0 aliphatic heterocycles. The summed E-state index contributed by atoms with van der Waals surface area (Å²) in [6, 6.07) is 21.3. The molecule has 6 heteroatoms. The number of fused-ring (bicyclic) bond motifs is 4. The van der Waals surface area contributed by atoms with Gasteiger partial charge in [0.15, 0.2) is 0 Å². The molecule has 1 radical (unpaired) electrons. The first kappa shape index (κ1) is 22.5. The molecule has 0 saturated heterocycles. The summed E-state index contributed by atoms with van der Waals surface area (Å²) >= 11 is -2.24. The number of rotatable bonds is 4. The predicted molar refractivity (Wildman–Crippen MR) is 194 cm³/mol. The Morgan fingerprint density at radius 1 is 0.957 bits per heavy atom. The van der Waals surface area contributed by atoms with E-state index < -0.39 is 51.5 Å². The average molecular weight is 873 g/mol. The van der Waals surface area contributed by atoms with Gasteiger partial charge in [-0.3, -0.25) is 0 Å². The largest absolute Gasteiger partial charge is 0 e. The molecule has 4 heterocycles. The molecule has 0 fully saturated rings. The number of nitrogens with zero attached hydrogens (tertiary/aromatic N) is 3. The molecule has 7 rings (SSSR count). The zero-order chi connectivity index (χ0) is 43.0. The van der Waals surface area contributed by atoms with Gasteiger partial charge in [0.05, 0.1) is 5.58 Å². The van der Waals surface area contributed by atoms with Crippen LogP contribution in [-0.4, -0.2) is 28.2 Å². The summed E-state index contributed by atoms with van der Waals surface area (Å²) < 4.78 is 105. The van der Waals surface area contributed by atoms with Gasteiger partial charge in [-0.2, -0.15) is 0 Å². The molecule has 6 aromatic rings. The first-order chi connectivity index (χ1) is 26.5. The van der Waals surface area contributed by atoms with Crippen molar-refractivity contribution in [2.75, 3.05) is 0 Å². The van der Waals surface area contributed by atoms with E-state index in [1.807, 2.05) is 57.3 Å². The number of hydrogen-bond acceptors (Lipinski definition) is 4. The third kappa shape index (κ3) is 7.96. The fraction of sp³-hybridized carbons (Fsp3) is 0.341. The Labute approximate surface area is 313 Å². The van der Waals surface area contributed by atoms with Gasteiger partial charge >= 0.3 is 135 Å². The molecule has 0 saturated carbocycles. The monoisotopic (exact) mass is 874 g/mol. The van der Waals surface area contributed by atoms with Crippen LogP contribution in [0.25, 0.3) is 44.6 Å². The Morgan fingerprint density at radius 2 is 1.74 bits per heavy atom. The topological polar surface area (TPSA) is 51.8 Å². The van der Waals surface area contributed by atoms with Crippen molar-refractivity contribution in [2.24, 2.45) is 5.41 Å². The SMILES string of the molecule is [2H]C([2H])([2H])c1ccc2c(n1)oc1c(-c3cc4c(cn3)C([2H])([2H])CCC4([2H])[2H])[c-]cc(C([2H])([2H])[2H])c12.[2H]C([2H])(c1cc(-c2[c-]cccc2)nc[c]1[Ge]([CH3])([CH3])[CH3])C(C)(C)C.[Ir]. The van der Waals surface area contributed by atoms with Crippen LogP contribution in [0.5, 0.6) is 0 Å². The van der Waals surface area contributed by atoms with Crippen LogP contribution in [0.1, 0.15) is 78.0 Å². The summed E-state index contributed by atoms with van der Waals surface area (Å²) in [7, 11) is 0. The first-order valence-electron chi connectivity index (χ1n) is 21.3. The summed E-state index contributed by atoms with van der Waals surface area (Å²) in [5, 5.41) is 0.537. The molecular weight excluding hydrogens is 815 g/mol. The Kier molecular flexibility index (Phi) is 6.78. The Morgan fingerprint density at radius 3 is 2.45 bits per heavy atom. The van der Waals surface area contributed by atoms with Gasteiger partial charge in [0.25, 0.3) is 0 Å². The van der Waals surface area contributed by atoms with Gasteiger partial charge < -0.3 is 9.40 Å². The van der Waals surface area contributed by atoms with E-state index in [1.165, 1.54) is 30.5 Å². The van der Waals surface area contributed by atoms with Crippen molar-refractivity contribution in [3.63, 3.8) is 0 Å². The third-order valence-electron chi connectivity index (χ3n) is 7.54. The van der Waals surface area contributed by atoms with E-state index in [4.69, 9.17) is 20.9 Å². The summed E-state index contributed by atoms with van der Waals surface area (Å²) in [4.78, 5) is 13.1. The summed E-state index contributed by atoms with van der Waals surface area (Å²) in [6.45, 7) is 0.868. The predicted octanol–water partition coefficient (Wildman–Crippen LogP) is 10.0. The van der Waals surface area contributed by atoms with E-state index in [2.05, 4.69) is 44.4 Å². The van der Waals surface area contributed by atoms with Crippen LogP contribution in [0.2, 0.25) is 17.3 Å². The first-order valence-corrected chi connectivity index (χ1v) is 22.7. The minimum atomic E-state index is -2.52. The van der Waals surface area contributed by atoms with Crippen LogP contribution in [0.4, 0.5) is 0 Å². The van der Waals surface area contributed by atoms with Gasteiger partial charge in [-0.25, -0.2) is 4.98 Å². The smallest absolute Gasteiger partial charge is 0 e. The van der Waals surface area contributed by atoms with E-state index in [1.54, 1.807) is 0 Å². The number of benzene rings is 2. The molecule has 245 valence electrons. The fourth-order valence-corrected chi connectivity index (χ4v) is 8.35. The van der Waals surface area contributed by atoms with Gasteiger partial charge in [-0.05, 0) is 55.8 Å². The molecule has 47 heavy (non-hydrogen) atoms. The van der Waals surface area contributed by atoms with Crippen LogP contribution in [0.15, 0.2) is 71.4 Å². The molecule has 1 aliphatic rings. The molecule has 0 N–H and O–H groups in total. The van der Waals surface area contributed by atoms with E-state index >= 15 is 0 Å². The molecular formula is C41H45GeIrN3O-2. The molecule has 4 aromatic heterocycles. The zero-order valence-electron chi connectivity index (χ0n) is 39.3. The second-order valence-corrected chi connectivity index (χ2v) is 24.0. The third-order valence-corrected chi connectivity index (χ3v) is 11.8. The summed E-state index contributed by atoms with van der Waals surface area (Å²) in [5.74, 6) is 6.86. The fourth-order valence-electron chi connectivity index (χ4n) is 5.43. The van der Waals surface area contributed by atoms with Crippen molar-refractivity contribution < 1.29 is 41.0 Å². The van der Waals surface area contributed by atoms with Crippen molar-refractivity contribution in [1.29, 1.82) is 0 Å². The quantitative estimate of drug-likeness (QED) is 0.131. The Balaban J connectivity index is 0.000000241. The van der Waals surface area contributed by atoms with Crippen LogP contribution < -0.4 is 4.40 Å². The number of hydrogen-bond donors (Lipinski definition) is 0. The van der Waals surface area contributed by atoms with E-state index in [0.717, 1.165) is 21.2 Å². The minimum Gasteiger partial charge on any atom is 0 e. The molecule has 0 atom stereocenters. The molecule has 1 aliphatic carbocycles. The van der Waals surface area contributed by atoms with Crippen molar-refractivity contribution >= 4 is 39.7 Å². The number of aryl methyl sites for hydroxylation is 4. The standard InChI is InChI=1S/C22H19N2O.C19H26GeN.Ir/c1-13-7-9-17(19-11-15-5-3-4-6-16(15)12-23-19)21-20(13)18-10-8-14(2)24-22(18)25-21;1-19(2,3)13-16-12-18(15-10-8-7-9-11-15)21-14-17(16)20(4,5)6;/h7-8,10-12H,3-6H2,1-2H3;7-10,12,14H,13H2,1-6H3;/q2*-1;/i1D3,2D3,5D2,6D2;13D2;. The van der Waals surface area contributed by atoms with Crippen LogP contribution in [0.3, 0.4) is 0 Å². The Hall–Kier alpha value is -3.12. The van der Waals surface area contributed by atoms with E-state index in [-0.39, 0.29) is 83.3 Å². The van der Waals surface area contributed by atoms with Crippen molar-refractivity contribution in [3.8, 4) is 22.5 Å². The number of furan rings is 1. The number of aromatic nitrogens is 3. The maximum Gasteiger partial charge on any atom is 0 e. The average Bonchev–Trinajstić information content (AvgIpc) is 3.51. The van der Waals surface area contributed by atoms with Gasteiger partial charge in [-0.1, -0.05) is 29.4 Å². The van der Waals surface area contributed by atoms with Crippen LogP contribution >= 0.6 is 0 Å². The molecule has 0 amide bonds. The zero-order valence-corrected chi connectivity index (χ0v) is 31.8. The Bertz CT molecular complexity index is 2510. The van der Waals surface area contributed by atoms with E-state index in [0.29, 0.717) is 5.39 Å². The second-order valence-electron chi connectivity index (χ2n) is 13.4. The molecule has 2 aromatic carbocycles. The molecule has 0 unspecified atom stereocenters. The van der Waals surface area contributed by atoms with Crippen LogP contribution in [0, 0.1) is 31.3 Å². The maximum absolute atomic E-state index is 8.76. The van der Waals surface area contributed by atoms with Crippen molar-refractivity contribution in [2.45, 2.75) is 83.7 Å². The van der Waals surface area contributed by atoms with Gasteiger partial charge in [0, 0.05) is 51.1 Å². The van der Waals surface area contributed by atoms with Crippen molar-refractivity contribution in [1.82, 2.24) is 15.0 Å². The summed E-state index contributed by atoms with van der Waals surface area (Å²) in [6.07, 6.45) is -1.68. The van der Waals surface area contributed by atoms with Gasteiger partial charge in [-0.15, -0.1) is 17.7 Å². The number of pyridine rings is 3. The van der Waals surface area contributed by atoms with Crippen molar-refractivity contribution in [3.05, 3.63) is 107 Å². The van der Waals surface area contributed by atoms with Crippen LogP contribution in [-0.2, 0) is 39.2 Å². The molecule has 4 nitrogen and oxygen atoms in total. The summed E-state index contributed by atoms with van der Waals surface area (Å²) in [5.41, 5.74) is 2.61. The van der Waals surface area contributed by atoms with Gasteiger partial charge in [0.1, 0.15) is 0 Å². The van der Waals surface area contributed by atoms with E-state index in [9.17, 15) is 0 Å². The normalized spacial score (nSPS) is 19.9. The second kappa shape index (κ2) is 14.2. The molecule has 0 bridgehead atoms.